The second-order valence-corrected chi connectivity index (χ2v) is 7.64. The topological polar surface area (TPSA) is 94.9 Å². The molecule has 0 atom stereocenters. The summed E-state index contributed by atoms with van der Waals surface area (Å²) in [5.74, 6) is -1.35. The van der Waals surface area contributed by atoms with E-state index < -0.39 is 21.6 Å². The van der Waals surface area contributed by atoms with Crippen LogP contribution in [-0.4, -0.2) is 47.6 Å². The van der Waals surface area contributed by atoms with Crippen molar-refractivity contribution in [3.63, 3.8) is 0 Å². The Kier molecular flexibility index (Phi) is 4.25. The molecular weight excluding hydrogens is 341 g/mol. The first-order valence-corrected chi connectivity index (χ1v) is 8.25. The average Bonchev–Trinajstić information content (AvgIpc) is 2.34. The van der Waals surface area contributed by atoms with Gasteiger partial charge in [0.25, 0.3) is 0 Å². The Morgan fingerprint density at radius 2 is 1.90 bits per heavy atom. The van der Waals surface area contributed by atoms with Gasteiger partial charge < -0.3 is 10.2 Å². The highest BCUT2D eigenvalue weighted by Crippen LogP contribution is 2.35. The van der Waals surface area contributed by atoms with E-state index in [1.54, 1.807) is 6.92 Å². The SMILES string of the molecule is CCC1(O)CN(S(=O)(=O)c2cc(C(=O)O)c(Cl)cc2Cl)C1. The fourth-order valence-corrected chi connectivity index (χ4v) is 4.46. The maximum absolute atomic E-state index is 12.4. The highest BCUT2D eigenvalue weighted by molar-refractivity contribution is 7.89. The van der Waals surface area contributed by atoms with E-state index in [1.807, 2.05) is 0 Å². The van der Waals surface area contributed by atoms with Crippen molar-refractivity contribution in [3.8, 4) is 0 Å². The van der Waals surface area contributed by atoms with Gasteiger partial charge in [-0.3, -0.25) is 0 Å². The molecule has 0 aliphatic carbocycles. The number of hydrogen-bond donors (Lipinski definition) is 2. The van der Waals surface area contributed by atoms with Crippen LogP contribution in [0, 0.1) is 0 Å². The van der Waals surface area contributed by atoms with Gasteiger partial charge in [-0.15, -0.1) is 0 Å². The van der Waals surface area contributed by atoms with Crippen LogP contribution in [0.2, 0.25) is 10.0 Å². The van der Waals surface area contributed by atoms with Crippen LogP contribution >= 0.6 is 23.2 Å². The first kappa shape index (κ1) is 16.5. The average molecular weight is 354 g/mol. The molecule has 9 heteroatoms. The molecule has 0 spiro atoms. The summed E-state index contributed by atoms with van der Waals surface area (Å²) in [6, 6.07) is 2.02. The van der Waals surface area contributed by atoms with Crippen molar-refractivity contribution in [1.82, 2.24) is 4.31 Å². The van der Waals surface area contributed by atoms with Gasteiger partial charge in [0.1, 0.15) is 4.90 Å². The van der Waals surface area contributed by atoms with Crippen molar-refractivity contribution in [2.24, 2.45) is 0 Å². The zero-order chi connectivity index (χ0) is 16.0. The van der Waals surface area contributed by atoms with E-state index in [9.17, 15) is 18.3 Å². The quantitative estimate of drug-likeness (QED) is 0.860. The predicted molar refractivity (Wildman–Crippen MR) is 77.4 cm³/mol. The molecule has 0 amide bonds. The molecule has 0 unspecified atom stereocenters. The number of carboxylic acid groups (broad SMARTS) is 1. The third kappa shape index (κ3) is 2.89. The van der Waals surface area contributed by atoms with E-state index in [2.05, 4.69) is 0 Å². The predicted octanol–water partition coefficient (Wildman–Crippen LogP) is 1.84. The zero-order valence-corrected chi connectivity index (χ0v) is 13.3. The van der Waals surface area contributed by atoms with Crippen molar-refractivity contribution in [2.75, 3.05) is 13.1 Å². The molecule has 116 valence electrons. The molecule has 21 heavy (non-hydrogen) atoms. The standard InChI is InChI=1S/C12H13Cl2NO5S/c1-2-12(18)5-15(6-12)21(19,20)10-3-7(11(16)17)8(13)4-9(10)14/h3-4,18H,2,5-6H2,1H3,(H,16,17). The van der Waals surface area contributed by atoms with Crippen LogP contribution in [0.4, 0.5) is 0 Å². The molecule has 0 bridgehead atoms. The van der Waals surface area contributed by atoms with Gasteiger partial charge in [0.15, 0.2) is 0 Å². The van der Waals surface area contributed by atoms with Crippen LogP contribution in [0.1, 0.15) is 23.7 Å². The minimum absolute atomic E-state index is 0.0484. The maximum Gasteiger partial charge on any atom is 0.337 e. The number of aromatic carboxylic acids is 1. The van der Waals surface area contributed by atoms with Gasteiger partial charge >= 0.3 is 5.97 Å². The molecule has 1 fully saturated rings. The molecule has 1 saturated heterocycles. The Morgan fingerprint density at radius 1 is 1.33 bits per heavy atom. The van der Waals surface area contributed by atoms with E-state index in [-0.39, 0.29) is 33.6 Å². The monoisotopic (exact) mass is 353 g/mol. The molecule has 0 aromatic heterocycles. The minimum Gasteiger partial charge on any atom is -0.478 e. The summed E-state index contributed by atoms with van der Waals surface area (Å²) < 4.78 is 25.9. The molecule has 0 saturated carbocycles. The second-order valence-electron chi connectivity index (χ2n) is 4.92. The van der Waals surface area contributed by atoms with Crippen molar-refractivity contribution >= 4 is 39.2 Å². The fraction of sp³-hybridized carbons (Fsp3) is 0.417. The number of rotatable bonds is 4. The normalized spacial score (nSPS) is 18.3. The summed E-state index contributed by atoms with van der Waals surface area (Å²) in [5, 5.41) is 18.6. The Morgan fingerprint density at radius 3 is 2.38 bits per heavy atom. The van der Waals surface area contributed by atoms with Crippen LogP contribution in [0.15, 0.2) is 17.0 Å². The highest BCUT2D eigenvalue weighted by Gasteiger charge is 2.46. The number of halogens is 2. The Balaban J connectivity index is 2.42. The first-order chi connectivity index (χ1) is 9.60. The van der Waals surface area contributed by atoms with Gasteiger partial charge in [0.05, 0.1) is 21.2 Å². The maximum atomic E-state index is 12.4. The number of aliphatic hydroxyl groups is 1. The van der Waals surface area contributed by atoms with Gasteiger partial charge in [-0.2, -0.15) is 4.31 Å². The minimum atomic E-state index is -3.97. The smallest absolute Gasteiger partial charge is 0.337 e. The summed E-state index contributed by atoms with van der Waals surface area (Å²) in [4.78, 5) is 10.7. The molecule has 0 radical (unpaired) electrons. The first-order valence-electron chi connectivity index (χ1n) is 6.05. The molecular formula is C12H13Cl2NO5S. The van der Waals surface area contributed by atoms with Gasteiger partial charge in [-0.1, -0.05) is 30.1 Å². The molecule has 1 aromatic carbocycles. The molecule has 2 rings (SSSR count). The lowest BCUT2D eigenvalue weighted by atomic mass is 9.94. The third-order valence-electron chi connectivity index (χ3n) is 3.47. The zero-order valence-electron chi connectivity index (χ0n) is 11.0. The molecule has 1 heterocycles. The molecule has 2 N–H and O–H groups in total. The van der Waals surface area contributed by atoms with Gasteiger partial charge in [0.2, 0.25) is 10.0 Å². The highest BCUT2D eigenvalue weighted by atomic mass is 35.5. The number of β-amino-alcohol motifs (C(OH)–C–C–N with tert-alkyl or cyclic N) is 1. The third-order valence-corrected chi connectivity index (χ3v) is 6.04. The lowest BCUT2D eigenvalue weighted by molar-refractivity contribution is -0.0613. The number of hydrogen-bond acceptors (Lipinski definition) is 4. The molecule has 1 aliphatic rings. The van der Waals surface area contributed by atoms with Crippen molar-refractivity contribution in [3.05, 3.63) is 27.7 Å². The van der Waals surface area contributed by atoms with Crippen molar-refractivity contribution < 1.29 is 23.4 Å². The summed E-state index contributed by atoms with van der Waals surface area (Å²) in [5.41, 5.74) is -1.38. The van der Waals surface area contributed by atoms with Crippen LogP contribution in [-0.2, 0) is 10.0 Å². The Hall–Kier alpha value is -0.860. The summed E-state index contributed by atoms with van der Waals surface area (Å²) >= 11 is 11.6. The van der Waals surface area contributed by atoms with E-state index in [0.29, 0.717) is 6.42 Å². The van der Waals surface area contributed by atoms with E-state index in [0.717, 1.165) is 16.4 Å². The van der Waals surface area contributed by atoms with Crippen LogP contribution in [0.25, 0.3) is 0 Å². The number of sulfonamides is 1. The fourth-order valence-electron chi connectivity index (χ4n) is 2.03. The molecule has 1 aliphatic heterocycles. The van der Waals surface area contributed by atoms with Gasteiger partial charge in [-0.05, 0) is 18.6 Å². The lowest BCUT2D eigenvalue weighted by Gasteiger charge is -2.44. The lowest BCUT2D eigenvalue weighted by Crippen LogP contribution is -2.62. The van der Waals surface area contributed by atoms with Crippen LogP contribution < -0.4 is 0 Å². The summed E-state index contributed by atoms with van der Waals surface area (Å²) in [6.07, 6.45) is 0.424. The van der Waals surface area contributed by atoms with Crippen molar-refractivity contribution in [1.29, 1.82) is 0 Å². The molecule has 1 aromatic rings. The summed E-state index contributed by atoms with van der Waals surface area (Å²) in [6.45, 7) is 1.65. The Labute approximate surface area is 131 Å². The van der Waals surface area contributed by atoms with Crippen LogP contribution in [0.5, 0.6) is 0 Å². The van der Waals surface area contributed by atoms with Gasteiger partial charge in [-0.25, -0.2) is 13.2 Å². The molecule has 6 nitrogen and oxygen atoms in total. The van der Waals surface area contributed by atoms with Crippen LogP contribution in [0.3, 0.4) is 0 Å². The summed E-state index contributed by atoms with van der Waals surface area (Å²) in [7, 11) is -3.97. The number of benzene rings is 1. The number of carbonyl (C=O) groups is 1. The largest absolute Gasteiger partial charge is 0.478 e. The van der Waals surface area contributed by atoms with Gasteiger partial charge in [0, 0.05) is 13.1 Å². The Bertz CT molecular complexity index is 698. The number of carboxylic acids is 1. The second kappa shape index (κ2) is 5.40. The van der Waals surface area contributed by atoms with Crippen molar-refractivity contribution in [2.45, 2.75) is 23.8 Å². The van der Waals surface area contributed by atoms with E-state index in [4.69, 9.17) is 28.3 Å². The van der Waals surface area contributed by atoms with E-state index >= 15 is 0 Å². The number of nitrogens with zero attached hydrogens (tertiary/aromatic N) is 1. The van der Waals surface area contributed by atoms with E-state index in [1.165, 1.54) is 0 Å².